The van der Waals surface area contributed by atoms with E-state index in [2.05, 4.69) is 36.4 Å². The van der Waals surface area contributed by atoms with Crippen LogP contribution in [0.3, 0.4) is 0 Å². The highest BCUT2D eigenvalue weighted by molar-refractivity contribution is 9.10. The number of halogens is 1. The van der Waals surface area contributed by atoms with Gasteiger partial charge in [-0.2, -0.15) is 0 Å². The molecule has 1 N–H and O–H groups in total. The van der Waals surface area contributed by atoms with E-state index in [-0.39, 0.29) is 0 Å². The molecule has 0 aromatic carbocycles. The van der Waals surface area contributed by atoms with Gasteiger partial charge >= 0.3 is 0 Å². The third-order valence-corrected chi connectivity index (χ3v) is 2.65. The van der Waals surface area contributed by atoms with Crippen molar-refractivity contribution >= 4 is 32.4 Å². The number of aromatic nitrogens is 3. The predicted molar refractivity (Wildman–Crippen MR) is 59.2 cm³/mol. The first-order valence-corrected chi connectivity index (χ1v) is 5.61. The molecule has 72 valence electrons. The van der Waals surface area contributed by atoms with Crippen molar-refractivity contribution in [1.29, 1.82) is 0 Å². The highest BCUT2D eigenvalue weighted by atomic mass is 79.9. The molecule has 4 nitrogen and oxygen atoms in total. The number of rotatable bonds is 3. The van der Waals surface area contributed by atoms with Crippen molar-refractivity contribution in [3.63, 3.8) is 0 Å². The van der Waals surface area contributed by atoms with Gasteiger partial charge in [0.2, 0.25) is 5.13 Å². The van der Waals surface area contributed by atoms with Crippen molar-refractivity contribution in [2.75, 3.05) is 5.32 Å². The molecule has 2 rings (SSSR count). The summed E-state index contributed by atoms with van der Waals surface area (Å²) < 4.78 is 0.981. The summed E-state index contributed by atoms with van der Waals surface area (Å²) in [6.45, 7) is 0.710. The van der Waals surface area contributed by atoms with Gasteiger partial charge in [0, 0.05) is 23.4 Å². The van der Waals surface area contributed by atoms with E-state index in [1.807, 2.05) is 12.3 Å². The van der Waals surface area contributed by atoms with Gasteiger partial charge in [0.1, 0.15) is 5.51 Å². The van der Waals surface area contributed by atoms with Crippen LogP contribution >= 0.6 is 27.3 Å². The smallest absolute Gasteiger partial charge is 0.205 e. The molecule has 0 unspecified atom stereocenters. The number of nitrogens with zero attached hydrogens (tertiary/aromatic N) is 3. The first-order chi connectivity index (χ1) is 6.84. The van der Waals surface area contributed by atoms with Crippen molar-refractivity contribution in [1.82, 2.24) is 15.2 Å². The molecule has 6 heteroatoms. The van der Waals surface area contributed by atoms with Gasteiger partial charge in [0.25, 0.3) is 0 Å². The third-order valence-electron chi connectivity index (χ3n) is 1.57. The second-order valence-electron chi connectivity index (χ2n) is 2.61. The largest absolute Gasteiger partial charge is 0.356 e. The maximum absolute atomic E-state index is 4.06. The Morgan fingerprint density at radius 3 is 3.07 bits per heavy atom. The molecule has 2 aromatic rings. The van der Waals surface area contributed by atoms with Gasteiger partial charge in [-0.25, -0.2) is 0 Å². The van der Waals surface area contributed by atoms with E-state index in [0.29, 0.717) is 6.54 Å². The van der Waals surface area contributed by atoms with Crippen LogP contribution in [0.2, 0.25) is 0 Å². The fourth-order valence-electron chi connectivity index (χ4n) is 0.980. The topological polar surface area (TPSA) is 50.7 Å². The summed E-state index contributed by atoms with van der Waals surface area (Å²) >= 11 is 4.85. The molecule has 0 aliphatic carbocycles. The molecular weight excluding hydrogens is 264 g/mol. The van der Waals surface area contributed by atoms with Gasteiger partial charge in [-0.05, 0) is 27.6 Å². The van der Waals surface area contributed by atoms with Crippen molar-refractivity contribution in [2.45, 2.75) is 6.54 Å². The molecule has 0 radical (unpaired) electrons. The molecule has 0 amide bonds. The minimum atomic E-state index is 0.710. The summed E-state index contributed by atoms with van der Waals surface area (Å²) in [5.41, 5.74) is 2.80. The molecule has 14 heavy (non-hydrogen) atoms. The second-order valence-corrected chi connectivity index (χ2v) is 4.36. The lowest BCUT2D eigenvalue weighted by atomic mass is 10.3. The quantitative estimate of drug-likeness (QED) is 0.930. The van der Waals surface area contributed by atoms with Gasteiger partial charge in [-0.15, -0.1) is 10.2 Å². The summed E-state index contributed by atoms with van der Waals surface area (Å²) in [4.78, 5) is 4.06. The highest BCUT2D eigenvalue weighted by Gasteiger charge is 1.97. The maximum atomic E-state index is 4.06. The van der Waals surface area contributed by atoms with Gasteiger partial charge in [-0.1, -0.05) is 11.3 Å². The van der Waals surface area contributed by atoms with Crippen LogP contribution in [0.1, 0.15) is 5.56 Å². The average molecular weight is 271 g/mol. The van der Waals surface area contributed by atoms with Crippen LogP contribution in [0.25, 0.3) is 0 Å². The average Bonchev–Trinajstić information content (AvgIpc) is 2.67. The molecule has 0 atom stereocenters. The van der Waals surface area contributed by atoms with E-state index in [0.717, 1.165) is 15.2 Å². The first-order valence-electron chi connectivity index (χ1n) is 3.94. The number of pyridine rings is 1. The van der Waals surface area contributed by atoms with Crippen LogP contribution < -0.4 is 5.32 Å². The molecule has 2 aromatic heterocycles. The molecule has 0 saturated carbocycles. The lowest BCUT2D eigenvalue weighted by molar-refractivity contribution is 1.04. The van der Waals surface area contributed by atoms with E-state index in [4.69, 9.17) is 0 Å². The van der Waals surface area contributed by atoms with Crippen LogP contribution in [0.15, 0.2) is 28.4 Å². The maximum Gasteiger partial charge on any atom is 0.205 e. The number of nitrogens with one attached hydrogen (secondary N) is 1. The van der Waals surface area contributed by atoms with Gasteiger partial charge in [0.05, 0.1) is 0 Å². The minimum absolute atomic E-state index is 0.710. The van der Waals surface area contributed by atoms with Crippen LogP contribution in [0.5, 0.6) is 0 Å². The van der Waals surface area contributed by atoms with E-state index < -0.39 is 0 Å². The van der Waals surface area contributed by atoms with Crippen LogP contribution in [0.4, 0.5) is 5.13 Å². The summed E-state index contributed by atoms with van der Waals surface area (Å²) in [5, 5.41) is 11.6. The van der Waals surface area contributed by atoms with E-state index in [1.165, 1.54) is 11.3 Å². The monoisotopic (exact) mass is 270 g/mol. The molecule has 2 heterocycles. The molecule has 0 aliphatic rings. The molecular formula is C8H7BrN4S. The zero-order valence-electron chi connectivity index (χ0n) is 7.14. The predicted octanol–water partition coefficient (Wildman–Crippen LogP) is 2.31. The van der Waals surface area contributed by atoms with E-state index >= 15 is 0 Å². The summed E-state index contributed by atoms with van der Waals surface area (Å²) in [5.74, 6) is 0. The molecule has 0 bridgehead atoms. The number of hydrogen-bond acceptors (Lipinski definition) is 5. The zero-order valence-corrected chi connectivity index (χ0v) is 9.55. The molecule has 0 aliphatic heterocycles. The Balaban J connectivity index is 1.98. The Labute approximate surface area is 93.5 Å². The number of hydrogen-bond donors (Lipinski definition) is 1. The Hall–Kier alpha value is -1.01. The van der Waals surface area contributed by atoms with Gasteiger partial charge < -0.3 is 5.32 Å². The summed E-state index contributed by atoms with van der Waals surface area (Å²) in [7, 11) is 0. The Morgan fingerprint density at radius 1 is 1.43 bits per heavy atom. The lowest BCUT2D eigenvalue weighted by Gasteiger charge is -2.01. The fourth-order valence-corrected chi connectivity index (χ4v) is 1.84. The van der Waals surface area contributed by atoms with Crippen molar-refractivity contribution in [2.24, 2.45) is 0 Å². The summed E-state index contributed by atoms with van der Waals surface area (Å²) in [6, 6.07) is 2.01. The van der Waals surface area contributed by atoms with E-state index in [1.54, 1.807) is 11.7 Å². The first kappa shape index (κ1) is 9.54. The molecule has 0 saturated heterocycles. The number of anilines is 1. The third kappa shape index (κ3) is 2.49. The fraction of sp³-hybridized carbons (Fsp3) is 0.125. The zero-order chi connectivity index (χ0) is 9.80. The highest BCUT2D eigenvalue weighted by Crippen LogP contribution is 2.12. The second kappa shape index (κ2) is 4.47. The van der Waals surface area contributed by atoms with Crippen molar-refractivity contribution in [3.8, 4) is 0 Å². The normalized spacial score (nSPS) is 10.1. The van der Waals surface area contributed by atoms with E-state index in [9.17, 15) is 0 Å². The SMILES string of the molecule is Brc1cncc(CNc2nncs2)c1. The lowest BCUT2D eigenvalue weighted by Crippen LogP contribution is -1.99. The van der Waals surface area contributed by atoms with Gasteiger partial charge in [0.15, 0.2) is 0 Å². The van der Waals surface area contributed by atoms with Crippen LogP contribution in [0, 0.1) is 0 Å². The minimum Gasteiger partial charge on any atom is -0.356 e. The molecule has 0 spiro atoms. The standard InChI is InChI=1S/C8H7BrN4S/c9-7-1-6(2-10-4-7)3-11-8-13-12-5-14-8/h1-2,4-5H,3H2,(H,11,13). The summed E-state index contributed by atoms with van der Waals surface area (Å²) in [6.07, 6.45) is 3.58. The Morgan fingerprint density at radius 2 is 2.36 bits per heavy atom. The van der Waals surface area contributed by atoms with Crippen LogP contribution in [-0.2, 0) is 6.54 Å². The molecule has 0 fully saturated rings. The Kier molecular flexibility index (Phi) is 3.05. The van der Waals surface area contributed by atoms with Crippen LogP contribution in [-0.4, -0.2) is 15.2 Å². The Bertz CT molecular complexity index is 403. The van der Waals surface area contributed by atoms with Crippen molar-refractivity contribution < 1.29 is 0 Å². The van der Waals surface area contributed by atoms with Gasteiger partial charge in [-0.3, -0.25) is 4.98 Å². The van der Waals surface area contributed by atoms with Crippen molar-refractivity contribution in [3.05, 3.63) is 34.0 Å².